The second-order valence-electron chi connectivity index (χ2n) is 6.06. The molecule has 1 rings (SSSR count). The monoisotopic (exact) mass is 278 g/mol. The van der Waals surface area contributed by atoms with Crippen LogP contribution in [0.5, 0.6) is 0 Å². The summed E-state index contributed by atoms with van der Waals surface area (Å²) in [4.78, 5) is 0. The van der Waals surface area contributed by atoms with E-state index >= 15 is 0 Å². The maximum atomic E-state index is 11.5. The molecule has 1 aliphatic rings. The summed E-state index contributed by atoms with van der Waals surface area (Å²) in [6.07, 6.45) is 3.25. The van der Waals surface area contributed by atoms with Crippen LogP contribution in [-0.4, -0.2) is 43.4 Å². The van der Waals surface area contributed by atoms with E-state index in [9.17, 15) is 18.6 Å². The molecule has 0 amide bonds. The van der Waals surface area contributed by atoms with Crippen molar-refractivity contribution in [2.75, 3.05) is 24.7 Å². The van der Waals surface area contributed by atoms with Crippen molar-refractivity contribution in [3.63, 3.8) is 0 Å². The fraction of sp³-hybridized carbons (Fsp3) is 1.00. The average Bonchev–Trinajstić information content (AvgIpc) is 2.66. The Bertz CT molecular complexity index is 344. The lowest BCUT2D eigenvalue weighted by Crippen LogP contribution is -2.39. The van der Waals surface area contributed by atoms with Gasteiger partial charge in [-0.1, -0.05) is 26.7 Å². The molecule has 1 atom stereocenters. The van der Waals surface area contributed by atoms with E-state index in [0.29, 0.717) is 18.8 Å². The maximum absolute atomic E-state index is 11.5. The summed E-state index contributed by atoms with van der Waals surface area (Å²) in [5, 5.41) is 19.2. The number of aliphatic hydroxyl groups excluding tert-OH is 2. The average molecular weight is 278 g/mol. The zero-order valence-electron chi connectivity index (χ0n) is 11.4. The molecule has 4 nitrogen and oxygen atoms in total. The zero-order valence-corrected chi connectivity index (χ0v) is 12.2. The molecule has 18 heavy (non-hydrogen) atoms. The fourth-order valence-corrected chi connectivity index (χ4v) is 4.75. The third-order valence-electron chi connectivity index (χ3n) is 4.18. The minimum absolute atomic E-state index is 0.0929. The van der Waals surface area contributed by atoms with Gasteiger partial charge >= 0.3 is 0 Å². The Morgan fingerprint density at radius 1 is 1.28 bits per heavy atom. The van der Waals surface area contributed by atoms with Crippen LogP contribution < -0.4 is 0 Å². The van der Waals surface area contributed by atoms with Crippen LogP contribution in [0.4, 0.5) is 0 Å². The van der Waals surface area contributed by atoms with E-state index in [1.165, 1.54) is 0 Å². The summed E-state index contributed by atoms with van der Waals surface area (Å²) < 4.78 is 23.1. The van der Waals surface area contributed by atoms with Crippen molar-refractivity contribution in [1.82, 2.24) is 0 Å². The molecule has 1 unspecified atom stereocenters. The van der Waals surface area contributed by atoms with Crippen LogP contribution in [0.3, 0.4) is 0 Å². The van der Waals surface area contributed by atoms with Gasteiger partial charge in [0, 0.05) is 5.41 Å². The van der Waals surface area contributed by atoms with Gasteiger partial charge in [-0.05, 0) is 24.7 Å². The van der Waals surface area contributed by atoms with E-state index in [-0.39, 0.29) is 30.6 Å². The van der Waals surface area contributed by atoms with Crippen molar-refractivity contribution >= 4 is 9.84 Å². The standard InChI is InChI=1S/C13H26O4S/c1-11(2)4-3-6-13(9-14,10-15)12-5-7-18(16,17)8-12/h11-12,14-15H,3-10H2,1-2H3. The lowest BCUT2D eigenvalue weighted by atomic mass is 9.72. The molecule has 0 aromatic carbocycles. The van der Waals surface area contributed by atoms with Crippen molar-refractivity contribution in [3.8, 4) is 0 Å². The van der Waals surface area contributed by atoms with E-state index in [0.717, 1.165) is 12.8 Å². The molecule has 0 saturated carbocycles. The molecule has 0 bridgehead atoms. The van der Waals surface area contributed by atoms with E-state index < -0.39 is 15.3 Å². The van der Waals surface area contributed by atoms with Crippen molar-refractivity contribution in [1.29, 1.82) is 0 Å². The van der Waals surface area contributed by atoms with E-state index in [2.05, 4.69) is 13.8 Å². The summed E-state index contributed by atoms with van der Waals surface area (Å²) in [5.41, 5.74) is -0.613. The Morgan fingerprint density at radius 2 is 1.89 bits per heavy atom. The first-order chi connectivity index (χ1) is 8.35. The quantitative estimate of drug-likeness (QED) is 0.734. The van der Waals surface area contributed by atoms with Gasteiger partial charge in [0.2, 0.25) is 0 Å². The summed E-state index contributed by atoms with van der Waals surface area (Å²) in [7, 11) is -2.96. The maximum Gasteiger partial charge on any atom is 0.150 e. The van der Waals surface area contributed by atoms with Crippen LogP contribution in [0.15, 0.2) is 0 Å². The normalized spacial score (nSPS) is 23.7. The Hall–Kier alpha value is -0.130. The van der Waals surface area contributed by atoms with Crippen LogP contribution in [0.25, 0.3) is 0 Å². The van der Waals surface area contributed by atoms with Crippen molar-refractivity contribution in [2.45, 2.75) is 39.5 Å². The molecule has 0 aromatic rings. The van der Waals surface area contributed by atoms with Crippen LogP contribution in [0.2, 0.25) is 0 Å². The van der Waals surface area contributed by atoms with Gasteiger partial charge in [0.15, 0.2) is 9.84 Å². The first-order valence-electron chi connectivity index (χ1n) is 6.77. The van der Waals surface area contributed by atoms with Gasteiger partial charge in [0.25, 0.3) is 0 Å². The molecule has 1 fully saturated rings. The molecule has 1 aliphatic heterocycles. The third-order valence-corrected chi connectivity index (χ3v) is 5.95. The van der Waals surface area contributed by atoms with E-state index in [1.807, 2.05) is 0 Å². The highest BCUT2D eigenvalue weighted by molar-refractivity contribution is 7.91. The lowest BCUT2D eigenvalue weighted by molar-refractivity contribution is 0.00261. The summed E-state index contributed by atoms with van der Waals surface area (Å²) >= 11 is 0. The molecule has 1 heterocycles. The van der Waals surface area contributed by atoms with Crippen LogP contribution >= 0.6 is 0 Å². The Labute approximate surface area is 110 Å². The fourth-order valence-electron chi connectivity index (χ4n) is 2.81. The minimum atomic E-state index is -2.96. The van der Waals surface area contributed by atoms with Gasteiger partial charge in [0.05, 0.1) is 24.7 Å². The van der Waals surface area contributed by atoms with Crippen LogP contribution in [-0.2, 0) is 9.84 Å². The smallest absolute Gasteiger partial charge is 0.150 e. The summed E-state index contributed by atoms with van der Waals surface area (Å²) in [6, 6.07) is 0. The van der Waals surface area contributed by atoms with Gasteiger partial charge in [-0.25, -0.2) is 8.42 Å². The summed E-state index contributed by atoms with van der Waals surface area (Å²) in [6.45, 7) is 4.03. The molecule has 0 radical (unpaired) electrons. The second-order valence-corrected chi connectivity index (χ2v) is 8.29. The van der Waals surface area contributed by atoms with E-state index in [4.69, 9.17) is 0 Å². The van der Waals surface area contributed by atoms with Crippen LogP contribution in [0, 0.1) is 17.3 Å². The highest BCUT2D eigenvalue weighted by atomic mass is 32.2. The predicted molar refractivity (Wildman–Crippen MR) is 72.1 cm³/mol. The van der Waals surface area contributed by atoms with E-state index in [1.54, 1.807) is 0 Å². The highest BCUT2D eigenvalue weighted by Gasteiger charge is 2.43. The topological polar surface area (TPSA) is 74.6 Å². The molecular weight excluding hydrogens is 252 g/mol. The first kappa shape index (κ1) is 15.9. The Balaban J connectivity index is 2.68. The molecular formula is C13H26O4S. The SMILES string of the molecule is CC(C)CCCC(CO)(CO)C1CCS(=O)(=O)C1. The molecule has 108 valence electrons. The molecule has 1 saturated heterocycles. The Morgan fingerprint density at radius 3 is 2.28 bits per heavy atom. The van der Waals surface area contributed by atoms with Crippen LogP contribution in [0.1, 0.15) is 39.5 Å². The molecule has 0 spiro atoms. The van der Waals surface area contributed by atoms with Gasteiger partial charge in [-0.15, -0.1) is 0 Å². The molecule has 0 aromatic heterocycles. The number of sulfone groups is 1. The molecule has 0 aliphatic carbocycles. The van der Waals surface area contributed by atoms with Crippen molar-refractivity contribution in [2.24, 2.45) is 17.3 Å². The number of hydrogen-bond acceptors (Lipinski definition) is 4. The Kier molecular flexibility index (Phi) is 5.62. The summed E-state index contributed by atoms with van der Waals surface area (Å²) in [5.74, 6) is 0.816. The van der Waals surface area contributed by atoms with Gasteiger partial charge in [0.1, 0.15) is 0 Å². The third kappa shape index (κ3) is 3.93. The van der Waals surface area contributed by atoms with Crippen molar-refractivity contribution in [3.05, 3.63) is 0 Å². The molecule has 5 heteroatoms. The first-order valence-corrected chi connectivity index (χ1v) is 8.59. The largest absolute Gasteiger partial charge is 0.396 e. The predicted octanol–water partition coefficient (Wildman–Crippen LogP) is 1.22. The second kappa shape index (κ2) is 6.35. The van der Waals surface area contributed by atoms with Gasteiger partial charge in [-0.2, -0.15) is 0 Å². The number of rotatable bonds is 7. The minimum Gasteiger partial charge on any atom is -0.396 e. The highest BCUT2D eigenvalue weighted by Crippen LogP contribution is 2.39. The number of hydrogen-bond donors (Lipinski definition) is 2. The zero-order chi connectivity index (χ0) is 13.8. The van der Waals surface area contributed by atoms with Gasteiger partial charge in [-0.3, -0.25) is 0 Å². The number of aliphatic hydroxyl groups is 2. The lowest BCUT2D eigenvalue weighted by Gasteiger charge is -2.35. The molecule has 2 N–H and O–H groups in total. The van der Waals surface area contributed by atoms with Gasteiger partial charge < -0.3 is 10.2 Å². The van der Waals surface area contributed by atoms with Crippen molar-refractivity contribution < 1.29 is 18.6 Å².